The van der Waals surface area contributed by atoms with Crippen LogP contribution in [0, 0.1) is 5.82 Å². The molecule has 0 radical (unpaired) electrons. The summed E-state index contributed by atoms with van der Waals surface area (Å²) in [4.78, 5) is 4.24. The van der Waals surface area contributed by atoms with Gasteiger partial charge in [0.1, 0.15) is 0 Å². The number of hydrogen-bond acceptors (Lipinski definition) is 2. The van der Waals surface area contributed by atoms with E-state index in [1.807, 2.05) is 25.1 Å². The maximum Gasteiger partial charge on any atom is 0.193 e. The van der Waals surface area contributed by atoms with E-state index in [9.17, 15) is 4.39 Å². The molecule has 0 aliphatic heterocycles. The molecule has 0 aliphatic rings. The van der Waals surface area contributed by atoms with Gasteiger partial charge in [0.15, 0.2) is 17.5 Å². The lowest BCUT2D eigenvalue weighted by molar-refractivity contribution is 0.321. The number of ether oxygens (including phenoxy) is 1. The van der Waals surface area contributed by atoms with Crippen molar-refractivity contribution < 1.29 is 9.13 Å². The lowest BCUT2D eigenvalue weighted by Crippen LogP contribution is -2.22. The summed E-state index contributed by atoms with van der Waals surface area (Å²) in [5.74, 6) is 0.164. The van der Waals surface area contributed by atoms with E-state index in [1.165, 1.54) is 11.6 Å². The second-order valence-electron chi connectivity index (χ2n) is 5.08. The summed E-state index contributed by atoms with van der Waals surface area (Å²) in [5.41, 5.74) is 8.73. The van der Waals surface area contributed by atoms with Crippen LogP contribution in [0.3, 0.4) is 0 Å². The fourth-order valence-electron chi connectivity index (χ4n) is 2.15. The third kappa shape index (κ3) is 5.99. The second kappa shape index (κ2) is 10.1. The highest BCUT2D eigenvalue weighted by Crippen LogP contribution is 2.18. The van der Waals surface area contributed by atoms with E-state index < -0.39 is 0 Å². The predicted octanol–water partition coefficient (Wildman–Crippen LogP) is 4.33. The summed E-state index contributed by atoms with van der Waals surface area (Å²) in [6.45, 7) is 4.65. The molecule has 2 aromatic rings. The van der Waals surface area contributed by atoms with Crippen molar-refractivity contribution in [1.82, 2.24) is 0 Å². The Labute approximate surface area is 159 Å². The van der Waals surface area contributed by atoms with Crippen molar-refractivity contribution in [2.24, 2.45) is 10.7 Å². The molecule has 0 fully saturated rings. The lowest BCUT2D eigenvalue weighted by Gasteiger charge is -2.08. The second-order valence-corrected chi connectivity index (χ2v) is 5.08. The Morgan fingerprint density at radius 1 is 1.17 bits per heavy atom. The molecule has 0 aliphatic carbocycles. The van der Waals surface area contributed by atoms with Crippen LogP contribution in [0.4, 0.5) is 10.1 Å². The van der Waals surface area contributed by atoms with E-state index in [1.54, 1.807) is 12.1 Å². The number of rotatable bonds is 6. The van der Waals surface area contributed by atoms with Crippen molar-refractivity contribution in [3.05, 3.63) is 59.4 Å². The van der Waals surface area contributed by atoms with Gasteiger partial charge in [0.05, 0.1) is 13.2 Å². The fraction of sp³-hybridized carbons (Fsp3) is 0.278. The van der Waals surface area contributed by atoms with Crippen molar-refractivity contribution >= 4 is 35.6 Å². The van der Waals surface area contributed by atoms with Crippen LogP contribution in [0.15, 0.2) is 47.5 Å². The van der Waals surface area contributed by atoms with E-state index in [-0.39, 0.29) is 35.5 Å². The summed E-state index contributed by atoms with van der Waals surface area (Å²) >= 11 is 0. The van der Waals surface area contributed by atoms with Gasteiger partial charge in [0.25, 0.3) is 0 Å². The van der Waals surface area contributed by atoms with Crippen molar-refractivity contribution in [1.29, 1.82) is 0 Å². The molecule has 0 unspecified atom stereocenters. The van der Waals surface area contributed by atoms with E-state index in [0.717, 1.165) is 17.7 Å². The van der Waals surface area contributed by atoms with Gasteiger partial charge in [-0.15, -0.1) is 24.0 Å². The van der Waals surface area contributed by atoms with Gasteiger partial charge in [-0.05, 0) is 48.7 Å². The first-order valence-corrected chi connectivity index (χ1v) is 7.69. The van der Waals surface area contributed by atoms with Crippen LogP contribution in [0.5, 0.6) is 5.75 Å². The molecule has 2 aromatic carbocycles. The number of nitrogens with one attached hydrogen (secondary N) is 1. The quantitative estimate of drug-likeness (QED) is 0.397. The van der Waals surface area contributed by atoms with E-state index in [0.29, 0.717) is 19.1 Å². The van der Waals surface area contributed by atoms with Crippen LogP contribution < -0.4 is 15.8 Å². The lowest BCUT2D eigenvalue weighted by atomic mass is 10.1. The summed E-state index contributed by atoms with van der Waals surface area (Å²) in [5, 5.41) is 3.04. The molecule has 0 heterocycles. The van der Waals surface area contributed by atoms with Crippen LogP contribution in [0.25, 0.3) is 0 Å². The van der Waals surface area contributed by atoms with Crippen molar-refractivity contribution in [2.75, 3.05) is 11.9 Å². The Bertz CT molecular complexity index is 692. The average Bonchev–Trinajstić information content (AvgIpc) is 2.55. The van der Waals surface area contributed by atoms with Crippen LogP contribution >= 0.6 is 24.0 Å². The Morgan fingerprint density at radius 2 is 1.96 bits per heavy atom. The number of hydrogen-bond donors (Lipinski definition) is 2. The monoisotopic (exact) mass is 443 g/mol. The van der Waals surface area contributed by atoms with Crippen LogP contribution in [0.2, 0.25) is 0 Å². The molecule has 3 N–H and O–H groups in total. The molecule has 0 amide bonds. The Hall–Kier alpha value is -1.83. The highest BCUT2D eigenvalue weighted by Gasteiger charge is 2.04. The number of guanidine groups is 1. The normalized spacial score (nSPS) is 10.9. The van der Waals surface area contributed by atoms with Crippen molar-refractivity contribution in [3.63, 3.8) is 0 Å². The third-order valence-electron chi connectivity index (χ3n) is 3.34. The Morgan fingerprint density at radius 3 is 2.62 bits per heavy atom. The SMILES string of the molecule is CCOc1ccc(CN=C(N)Nc2cccc(CC)c2)cc1F.I. The number of nitrogens with two attached hydrogens (primary N) is 1. The molecule has 0 aromatic heterocycles. The van der Waals surface area contributed by atoms with E-state index >= 15 is 0 Å². The first kappa shape index (κ1) is 20.2. The smallest absolute Gasteiger partial charge is 0.193 e. The van der Waals surface area contributed by atoms with Gasteiger partial charge in [0, 0.05) is 5.69 Å². The summed E-state index contributed by atoms with van der Waals surface area (Å²) < 4.78 is 18.9. The minimum absolute atomic E-state index is 0. The maximum atomic E-state index is 13.8. The summed E-state index contributed by atoms with van der Waals surface area (Å²) in [6, 6.07) is 12.8. The molecule has 0 saturated carbocycles. The molecule has 0 bridgehead atoms. The minimum atomic E-state index is -0.387. The summed E-state index contributed by atoms with van der Waals surface area (Å²) in [6.07, 6.45) is 0.956. The zero-order chi connectivity index (χ0) is 16.7. The zero-order valence-corrected chi connectivity index (χ0v) is 16.2. The fourth-order valence-corrected chi connectivity index (χ4v) is 2.15. The van der Waals surface area contributed by atoms with Crippen LogP contribution in [-0.2, 0) is 13.0 Å². The van der Waals surface area contributed by atoms with Gasteiger partial charge in [-0.2, -0.15) is 0 Å². The first-order chi connectivity index (χ1) is 11.1. The van der Waals surface area contributed by atoms with E-state index in [2.05, 4.69) is 23.3 Å². The molecule has 0 saturated heterocycles. The molecule has 0 spiro atoms. The standard InChI is InChI=1S/C18H22FN3O.HI/c1-3-13-6-5-7-15(10-13)22-18(20)21-12-14-8-9-17(23-4-2)16(19)11-14;/h5-11H,3-4,12H2,1-2H3,(H3,20,21,22);1H. The van der Waals surface area contributed by atoms with Crippen LogP contribution in [0.1, 0.15) is 25.0 Å². The topological polar surface area (TPSA) is 59.6 Å². The van der Waals surface area contributed by atoms with Crippen LogP contribution in [-0.4, -0.2) is 12.6 Å². The molecule has 6 heteroatoms. The number of anilines is 1. The minimum Gasteiger partial charge on any atom is -0.491 e. The molecule has 130 valence electrons. The molecular weight excluding hydrogens is 420 g/mol. The predicted molar refractivity (Wildman–Crippen MR) is 108 cm³/mol. The highest BCUT2D eigenvalue weighted by atomic mass is 127. The molecule has 4 nitrogen and oxygen atoms in total. The van der Waals surface area contributed by atoms with Gasteiger partial charge < -0.3 is 15.8 Å². The largest absolute Gasteiger partial charge is 0.491 e. The Kier molecular flexibility index (Phi) is 8.53. The van der Waals surface area contributed by atoms with Gasteiger partial charge in [-0.25, -0.2) is 9.38 Å². The number of halogens is 2. The van der Waals surface area contributed by atoms with Gasteiger partial charge >= 0.3 is 0 Å². The maximum absolute atomic E-state index is 13.8. The third-order valence-corrected chi connectivity index (χ3v) is 3.34. The average molecular weight is 443 g/mol. The number of aryl methyl sites for hydroxylation is 1. The van der Waals surface area contributed by atoms with Crippen molar-refractivity contribution in [3.8, 4) is 5.75 Å². The Balaban J connectivity index is 0.00000288. The summed E-state index contributed by atoms with van der Waals surface area (Å²) in [7, 11) is 0. The molecule has 24 heavy (non-hydrogen) atoms. The van der Waals surface area contributed by atoms with Gasteiger partial charge in [-0.1, -0.05) is 25.1 Å². The van der Waals surface area contributed by atoms with Crippen molar-refractivity contribution in [2.45, 2.75) is 26.8 Å². The molecular formula is C18H23FIN3O. The van der Waals surface area contributed by atoms with Gasteiger partial charge in [0.2, 0.25) is 0 Å². The molecule has 0 atom stereocenters. The zero-order valence-electron chi connectivity index (χ0n) is 13.9. The number of benzene rings is 2. The first-order valence-electron chi connectivity index (χ1n) is 7.69. The molecule has 2 rings (SSSR count). The highest BCUT2D eigenvalue weighted by molar-refractivity contribution is 14.0. The number of aliphatic imine (C=N–C) groups is 1. The number of nitrogens with zero attached hydrogens (tertiary/aromatic N) is 1. The van der Waals surface area contributed by atoms with Gasteiger partial charge in [-0.3, -0.25) is 0 Å². The van der Waals surface area contributed by atoms with E-state index in [4.69, 9.17) is 10.5 Å².